The number of pyridine rings is 1. The number of aryl methyl sites for hydroxylation is 1. The summed E-state index contributed by atoms with van der Waals surface area (Å²) in [5, 5.41) is 3.20. The number of rotatable bonds is 5. The van der Waals surface area contributed by atoms with E-state index in [1.807, 2.05) is 19.1 Å². The van der Waals surface area contributed by atoms with Crippen LogP contribution in [0.25, 0.3) is 16.9 Å². The first-order valence-electron chi connectivity index (χ1n) is 11.2. The van der Waals surface area contributed by atoms with Crippen molar-refractivity contribution in [2.45, 2.75) is 25.9 Å². The van der Waals surface area contributed by atoms with Crippen LogP contribution in [0.3, 0.4) is 0 Å². The lowest BCUT2D eigenvalue weighted by Crippen LogP contribution is -2.35. The van der Waals surface area contributed by atoms with Gasteiger partial charge in [-0.3, -0.25) is 4.79 Å². The van der Waals surface area contributed by atoms with Crippen LogP contribution >= 0.6 is 0 Å². The number of hydrogen-bond acceptors (Lipinski definition) is 7. The summed E-state index contributed by atoms with van der Waals surface area (Å²) >= 11 is 0. The van der Waals surface area contributed by atoms with E-state index < -0.39 is 5.82 Å². The van der Waals surface area contributed by atoms with Crippen LogP contribution in [0.15, 0.2) is 47.5 Å². The Hall–Kier alpha value is -3.79. The molecule has 0 bridgehead atoms. The zero-order chi connectivity index (χ0) is 23.8. The first-order chi connectivity index (χ1) is 16.4. The van der Waals surface area contributed by atoms with Crippen LogP contribution in [0.1, 0.15) is 18.4 Å². The molecule has 5 rings (SSSR count). The summed E-state index contributed by atoms with van der Waals surface area (Å²) in [5.74, 6) is 0.781. The van der Waals surface area contributed by atoms with Crippen LogP contribution in [0.2, 0.25) is 0 Å². The number of halogens is 1. The minimum atomic E-state index is -0.436. The summed E-state index contributed by atoms with van der Waals surface area (Å²) in [4.78, 5) is 28.7. The first kappa shape index (κ1) is 22.0. The quantitative estimate of drug-likeness (QED) is 0.486. The monoisotopic (exact) mass is 463 g/mol. The van der Waals surface area contributed by atoms with E-state index in [9.17, 15) is 9.18 Å². The number of anilines is 2. The van der Waals surface area contributed by atoms with Crippen molar-refractivity contribution in [2.75, 3.05) is 25.5 Å². The summed E-state index contributed by atoms with van der Waals surface area (Å²) in [5.41, 5.74) is 1.16. The van der Waals surface area contributed by atoms with Crippen molar-refractivity contribution in [1.29, 1.82) is 0 Å². The van der Waals surface area contributed by atoms with Crippen molar-refractivity contribution in [2.24, 2.45) is 7.05 Å². The summed E-state index contributed by atoms with van der Waals surface area (Å²) < 4.78 is 23.5. The number of ether oxygens (including phenoxy) is 1. The Morgan fingerprint density at radius 2 is 1.91 bits per heavy atom. The molecule has 1 N–H and O–H groups in total. The third kappa shape index (κ3) is 4.12. The van der Waals surface area contributed by atoms with Gasteiger partial charge in [0.1, 0.15) is 29.5 Å². The molecule has 1 saturated heterocycles. The molecule has 4 aromatic rings. The van der Waals surface area contributed by atoms with Gasteiger partial charge in [-0.15, -0.1) is 0 Å². The molecule has 10 heteroatoms. The smallest absolute Gasteiger partial charge is 0.280 e. The number of hydrogen-bond donors (Lipinski definition) is 1. The summed E-state index contributed by atoms with van der Waals surface area (Å²) in [6.45, 7) is 3.83. The molecule has 9 nitrogen and oxygen atoms in total. The summed E-state index contributed by atoms with van der Waals surface area (Å²) in [7, 11) is 3.73. The number of nitrogens with one attached hydrogen (secondary N) is 1. The second-order valence-corrected chi connectivity index (χ2v) is 8.62. The van der Waals surface area contributed by atoms with Gasteiger partial charge in [-0.1, -0.05) is 12.1 Å². The number of aromatic nitrogens is 5. The number of fused-ring (bicyclic) bond motifs is 1. The van der Waals surface area contributed by atoms with Crippen LogP contribution in [-0.2, 0) is 7.05 Å². The minimum Gasteiger partial charge on any atom is -0.474 e. The molecule has 0 unspecified atom stereocenters. The SMILES string of the molecule is Cc1ccc(F)c(Nc2ncnc3c2c(=O)n(C)n3-c2cccc(OC3CCN(C)CC3)n2)c1. The molecule has 1 aliphatic rings. The summed E-state index contributed by atoms with van der Waals surface area (Å²) in [6.07, 6.45) is 3.31. The van der Waals surface area contributed by atoms with E-state index >= 15 is 0 Å². The normalized spacial score (nSPS) is 15.1. The van der Waals surface area contributed by atoms with Gasteiger partial charge in [0.05, 0.1) is 5.69 Å². The topological polar surface area (TPSA) is 90.1 Å². The Balaban J connectivity index is 1.53. The second kappa shape index (κ2) is 8.86. The zero-order valence-electron chi connectivity index (χ0n) is 19.3. The average Bonchev–Trinajstić information content (AvgIpc) is 3.09. The van der Waals surface area contributed by atoms with E-state index in [1.165, 1.54) is 17.1 Å². The highest BCUT2D eigenvalue weighted by atomic mass is 19.1. The fraction of sp³-hybridized carbons (Fsp3) is 0.333. The Morgan fingerprint density at radius 3 is 2.71 bits per heavy atom. The van der Waals surface area contributed by atoms with E-state index in [0.29, 0.717) is 17.3 Å². The van der Waals surface area contributed by atoms with Crippen molar-refractivity contribution in [3.63, 3.8) is 0 Å². The molecule has 1 fully saturated rings. The molecule has 0 aliphatic carbocycles. The van der Waals surface area contributed by atoms with Gasteiger partial charge in [0.2, 0.25) is 5.88 Å². The lowest BCUT2D eigenvalue weighted by Gasteiger charge is -2.29. The standard InChI is InChI=1S/C24H26FN7O2/c1-15-7-8-17(25)18(13-15)28-22-21-23(27-14-26-22)32(31(3)24(21)33)19-5-4-6-20(29-19)34-16-9-11-30(2)12-10-16/h4-8,13-14,16H,9-12H2,1-3H3,(H,26,27,28). The van der Waals surface area contributed by atoms with Crippen LogP contribution < -0.4 is 15.6 Å². The molecule has 0 radical (unpaired) electrons. The van der Waals surface area contributed by atoms with Gasteiger partial charge >= 0.3 is 0 Å². The molecule has 1 aromatic carbocycles. The zero-order valence-corrected chi connectivity index (χ0v) is 19.3. The predicted octanol–water partition coefficient (Wildman–Crippen LogP) is 3.18. The van der Waals surface area contributed by atoms with Crippen LogP contribution in [-0.4, -0.2) is 55.5 Å². The Bertz CT molecular complexity index is 1410. The van der Waals surface area contributed by atoms with Crippen molar-refractivity contribution in [3.8, 4) is 11.7 Å². The van der Waals surface area contributed by atoms with Crippen LogP contribution in [0, 0.1) is 12.7 Å². The Labute approximate surface area is 195 Å². The van der Waals surface area contributed by atoms with E-state index in [1.54, 1.807) is 29.9 Å². The van der Waals surface area contributed by atoms with Crippen LogP contribution in [0.5, 0.6) is 5.88 Å². The van der Waals surface area contributed by atoms with Gasteiger partial charge in [-0.2, -0.15) is 4.98 Å². The highest BCUT2D eigenvalue weighted by Crippen LogP contribution is 2.25. The van der Waals surface area contributed by atoms with Crippen molar-refractivity contribution < 1.29 is 9.13 Å². The highest BCUT2D eigenvalue weighted by Gasteiger charge is 2.21. The minimum absolute atomic E-state index is 0.103. The molecule has 0 saturated carbocycles. The van der Waals surface area contributed by atoms with Gasteiger partial charge in [0.25, 0.3) is 5.56 Å². The van der Waals surface area contributed by atoms with E-state index in [-0.39, 0.29) is 28.6 Å². The maximum Gasteiger partial charge on any atom is 0.280 e. The first-order valence-corrected chi connectivity index (χ1v) is 11.2. The fourth-order valence-corrected chi connectivity index (χ4v) is 4.21. The Morgan fingerprint density at radius 1 is 1.12 bits per heavy atom. The second-order valence-electron chi connectivity index (χ2n) is 8.62. The molecular formula is C24H26FN7O2. The number of nitrogens with zero attached hydrogens (tertiary/aromatic N) is 6. The summed E-state index contributed by atoms with van der Waals surface area (Å²) in [6, 6.07) is 10.2. The van der Waals surface area contributed by atoms with E-state index in [0.717, 1.165) is 31.5 Å². The third-order valence-corrected chi connectivity index (χ3v) is 6.09. The van der Waals surface area contributed by atoms with Gasteiger partial charge in [0.15, 0.2) is 11.5 Å². The maximum atomic E-state index is 14.3. The highest BCUT2D eigenvalue weighted by molar-refractivity contribution is 5.89. The van der Waals surface area contributed by atoms with Gasteiger partial charge in [0, 0.05) is 26.2 Å². The van der Waals surface area contributed by atoms with Crippen molar-refractivity contribution in [1.82, 2.24) is 29.2 Å². The third-order valence-electron chi connectivity index (χ3n) is 6.09. The number of benzene rings is 1. The fourth-order valence-electron chi connectivity index (χ4n) is 4.21. The van der Waals surface area contributed by atoms with Gasteiger partial charge in [-0.25, -0.2) is 23.7 Å². The molecule has 34 heavy (non-hydrogen) atoms. The maximum absolute atomic E-state index is 14.3. The molecule has 0 amide bonds. The van der Waals surface area contributed by atoms with E-state index in [2.05, 4.69) is 32.2 Å². The molecule has 176 valence electrons. The van der Waals surface area contributed by atoms with Gasteiger partial charge < -0.3 is 15.0 Å². The number of likely N-dealkylation sites (tertiary alicyclic amines) is 1. The van der Waals surface area contributed by atoms with Crippen molar-refractivity contribution >= 4 is 22.5 Å². The molecule has 1 aliphatic heterocycles. The lowest BCUT2D eigenvalue weighted by molar-refractivity contribution is 0.110. The molecular weight excluding hydrogens is 437 g/mol. The predicted molar refractivity (Wildman–Crippen MR) is 127 cm³/mol. The lowest BCUT2D eigenvalue weighted by atomic mass is 10.1. The average molecular weight is 464 g/mol. The van der Waals surface area contributed by atoms with E-state index in [4.69, 9.17) is 4.74 Å². The van der Waals surface area contributed by atoms with Crippen LogP contribution in [0.4, 0.5) is 15.9 Å². The molecule has 0 atom stereocenters. The number of piperidine rings is 1. The van der Waals surface area contributed by atoms with Crippen molar-refractivity contribution in [3.05, 3.63) is 64.5 Å². The molecule has 4 heterocycles. The largest absolute Gasteiger partial charge is 0.474 e. The van der Waals surface area contributed by atoms with Gasteiger partial charge in [-0.05, 0) is 50.6 Å². The molecule has 0 spiro atoms. The Kier molecular flexibility index (Phi) is 5.74. The molecule has 3 aromatic heterocycles.